The van der Waals surface area contributed by atoms with Gasteiger partial charge in [0.1, 0.15) is 10.8 Å². The Balaban J connectivity index is 2.10. The standard InChI is InChI=1S/C11H14ClN5O/c1-6-7(2)18-9(16-6)5-14-10-8(12)4-15-11(13-3)17-10/h4H,5H2,1-3H3,(H2,13,14,15,17). The van der Waals surface area contributed by atoms with Gasteiger partial charge < -0.3 is 15.1 Å². The first-order chi connectivity index (χ1) is 8.60. The number of nitrogens with zero attached hydrogens (tertiary/aromatic N) is 3. The second-order valence-corrected chi connectivity index (χ2v) is 4.15. The van der Waals surface area contributed by atoms with Crippen molar-refractivity contribution in [2.75, 3.05) is 17.7 Å². The zero-order valence-corrected chi connectivity index (χ0v) is 11.2. The number of hydrogen-bond donors (Lipinski definition) is 2. The Morgan fingerprint density at radius 3 is 2.72 bits per heavy atom. The molecule has 0 spiro atoms. The average Bonchev–Trinajstić information content (AvgIpc) is 2.68. The van der Waals surface area contributed by atoms with Gasteiger partial charge in [-0.25, -0.2) is 9.97 Å². The van der Waals surface area contributed by atoms with Crippen molar-refractivity contribution >= 4 is 23.4 Å². The molecule has 18 heavy (non-hydrogen) atoms. The molecule has 0 unspecified atom stereocenters. The highest BCUT2D eigenvalue weighted by atomic mass is 35.5. The van der Waals surface area contributed by atoms with E-state index in [0.29, 0.717) is 29.2 Å². The summed E-state index contributed by atoms with van der Waals surface area (Å²) in [5.41, 5.74) is 0.886. The third-order valence-electron chi connectivity index (χ3n) is 2.45. The minimum absolute atomic E-state index is 0.425. The van der Waals surface area contributed by atoms with E-state index in [1.807, 2.05) is 13.8 Å². The molecule has 0 aliphatic carbocycles. The maximum Gasteiger partial charge on any atom is 0.224 e. The number of aromatic nitrogens is 3. The lowest BCUT2D eigenvalue weighted by atomic mass is 10.4. The number of rotatable bonds is 4. The summed E-state index contributed by atoms with van der Waals surface area (Å²) in [6.07, 6.45) is 1.54. The van der Waals surface area contributed by atoms with Crippen LogP contribution in [0, 0.1) is 13.8 Å². The highest BCUT2D eigenvalue weighted by Gasteiger charge is 2.08. The quantitative estimate of drug-likeness (QED) is 0.886. The van der Waals surface area contributed by atoms with Crippen LogP contribution in [0.3, 0.4) is 0 Å². The molecule has 0 amide bonds. The van der Waals surface area contributed by atoms with Crippen LogP contribution < -0.4 is 10.6 Å². The summed E-state index contributed by atoms with van der Waals surface area (Å²) in [6, 6.07) is 0. The normalized spacial score (nSPS) is 10.4. The van der Waals surface area contributed by atoms with Crippen LogP contribution in [0.25, 0.3) is 0 Å². The van der Waals surface area contributed by atoms with Gasteiger partial charge in [0.25, 0.3) is 0 Å². The lowest BCUT2D eigenvalue weighted by Gasteiger charge is -2.06. The number of aryl methyl sites for hydroxylation is 2. The Bertz CT molecular complexity index is 535. The molecule has 0 saturated heterocycles. The Labute approximate surface area is 110 Å². The van der Waals surface area contributed by atoms with Gasteiger partial charge in [0, 0.05) is 7.05 Å². The van der Waals surface area contributed by atoms with Gasteiger partial charge in [0.2, 0.25) is 11.8 Å². The number of halogens is 1. The molecule has 0 radical (unpaired) electrons. The monoisotopic (exact) mass is 267 g/mol. The van der Waals surface area contributed by atoms with E-state index in [9.17, 15) is 0 Å². The first-order valence-electron chi connectivity index (χ1n) is 5.47. The average molecular weight is 268 g/mol. The van der Waals surface area contributed by atoms with Gasteiger partial charge in [0.05, 0.1) is 18.4 Å². The Kier molecular flexibility index (Phi) is 3.66. The summed E-state index contributed by atoms with van der Waals surface area (Å²) in [5.74, 6) is 2.47. The number of anilines is 2. The van der Waals surface area contributed by atoms with Crippen molar-refractivity contribution in [2.45, 2.75) is 20.4 Å². The van der Waals surface area contributed by atoms with Crippen molar-refractivity contribution in [3.8, 4) is 0 Å². The topological polar surface area (TPSA) is 75.9 Å². The van der Waals surface area contributed by atoms with Crippen LogP contribution in [0.5, 0.6) is 0 Å². The fourth-order valence-corrected chi connectivity index (χ4v) is 1.54. The molecule has 0 aliphatic rings. The van der Waals surface area contributed by atoms with Gasteiger partial charge in [-0.15, -0.1) is 0 Å². The van der Waals surface area contributed by atoms with E-state index >= 15 is 0 Å². The van der Waals surface area contributed by atoms with Crippen LogP contribution >= 0.6 is 11.6 Å². The molecule has 0 bridgehead atoms. The van der Waals surface area contributed by atoms with Crippen molar-refractivity contribution in [2.24, 2.45) is 0 Å². The van der Waals surface area contributed by atoms with Gasteiger partial charge in [-0.2, -0.15) is 4.98 Å². The molecule has 2 aromatic rings. The van der Waals surface area contributed by atoms with Gasteiger partial charge >= 0.3 is 0 Å². The SMILES string of the molecule is CNc1ncc(Cl)c(NCc2nc(C)c(C)o2)n1. The maximum atomic E-state index is 5.99. The summed E-state index contributed by atoms with van der Waals surface area (Å²) in [7, 11) is 1.74. The molecule has 0 aromatic carbocycles. The van der Waals surface area contributed by atoms with E-state index < -0.39 is 0 Å². The van der Waals surface area contributed by atoms with Crippen molar-refractivity contribution < 1.29 is 4.42 Å². The van der Waals surface area contributed by atoms with Crippen LogP contribution in [0.1, 0.15) is 17.3 Å². The summed E-state index contributed by atoms with van der Waals surface area (Å²) in [4.78, 5) is 12.5. The largest absolute Gasteiger partial charge is 0.444 e. The predicted octanol–water partition coefficient (Wildman–Crippen LogP) is 2.39. The maximum absolute atomic E-state index is 5.99. The second kappa shape index (κ2) is 5.22. The fraction of sp³-hybridized carbons (Fsp3) is 0.364. The summed E-state index contributed by atoms with van der Waals surface area (Å²) >= 11 is 5.99. The molecule has 2 heterocycles. The summed E-state index contributed by atoms with van der Waals surface area (Å²) < 4.78 is 5.46. The third-order valence-corrected chi connectivity index (χ3v) is 2.72. The smallest absolute Gasteiger partial charge is 0.224 e. The lowest BCUT2D eigenvalue weighted by molar-refractivity contribution is 0.478. The minimum Gasteiger partial charge on any atom is -0.444 e. The molecule has 2 rings (SSSR count). The third kappa shape index (κ3) is 2.70. The molecule has 96 valence electrons. The highest BCUT2D eigenvalue weighted by molar-refractivity contribution is 6.32. The molecule has 6 nitrogen and oxygen atoms in total. The van der Waals surface area contributed by atoms with E-state index in [1.54, 1.807) is 7.05 Å². The van der Waals surface area contributed by atoms with Crippen molar-refractivity contribution in [1.29, 1.82) is 0 Å². The Hall–Kier alpha value is -1.82. The molecule has 2 N–H and O–H groups in total. The van der Waals surface area contributed by atoms with Crippen LogP contribution in [-0.2, 0) is 6.54 Å². The number of oxazole rings is 1. The minimum atomic E-state index is 0.425. The predicted molar refractivity (Wildman–Crippen MR) is 69.9 cm³/mol. The molecule has 0 fully saturated rings. The van der Waals surface area contributed by atoms with E-state index in [0.717, 1.165) is 11.5 Å². The Morgan fingerprint density at radius 2 is 2.11 bits per heavy atom. The van der Waals surface area contributed by atoms with Crippen LogP contribution in [-0.4, -0.2) is 22.0 Å². The lowest BCUT2D eigenvalue weighted by Crippen LogP contribution is -2.05. The zero-order valence-electron chi connectivity index (χ0n) is 10.4. The first kappa shape index (κ1) is 12.6. The van der Waals surface area contributed by atoms with Gasteiger partial charge in [-0.3, -0.25) is 0 Å². The van der Waals surface area contributed by atoms with Gasteiger partial charge in [0.15, 0.2) is 5.82 Å². The molecule has 0 saturated carbocycles. The second-order valence-electron chi connectivity index (χ2n) is 3.74. The first-order valence-corrected chi connectivity index (χ1v) is 5.85. The van der Waals surface area contributed by atoms with Crippen molar-refractivity contribution in [3.05, 3.63) is 28.6 Å². The van der Waals surface area contributed by atoms with E-state index in [4.69, 9.17) is 16.0 Å². The molecular weight excluding hydrogens is 254 g/mol. The molecule has 0 atom stereocenters. The van der Waals surface area contributed by atoms with E-state index in [2.05, 4.69) is 25.6 Å². The van der Waals surface area contributed by atoms with E-state index in [1.165, 1.54) is 6.20 Å². The fourth-order valence-electron chi connectivity index (χ4n) is 1.39. The molecule has 2 aromatic heterocycles. The van der Waals surface area contributed by atoms with Crippen LogP contribution in [0.2, 0.25) is 5.02 Å². The van der Waals surface area contributed by atoms with Crippen LogP contribution in [0.4, 0.5) is 11.8 Å². The number of hydrogen-bond acceptors (Lipinski definition) is 6. The Morgan fingerprint density at radius 1 is 1.33 bits per heavy atom. The molecule has 0 aliphatic heterocycles. The summed E-state index contributed by atoms with van der Waals surface area (Å²) in [6.45, 7) is 4.20. The highest BCUT2D eigenvalue weighted by Crippen LogP contribution is 2.20. The van der Waals surface area contributed by atoms with Crippen LogP contribution in [0.15, 0.2) is 10.6 Å². The van der Waals surface area contributed by atoms with Crippen molar-refractivity contribution in [3.63, 3.8) is 0 Å². The number of nitrogens with one attached hydrogen (secondary N) is 2. The summed E-state index contributed by atoms with van der Waals surface area (Å²) in [5, 5.41) is 6.36. The molecular formula is C11H14ClN5O. The van der Waals surface area contributed by atoms with E-state index in [-0.39, 0.29) is 0 Å². The van der Waals surface area contributed by atoms with Crippen molar-refractivity contribution in [1.82, 2.24) is 15.0 Å². The van der Waals surface area contributed by atoms with Gasteiger partial charge in [-0.1, -0.05) is 11.6 Å². The zero-order chi connectivity index (χ0) is 13.1. The molecule has 7 heteroatoms. The van der Waals surface area contributed by atoms with Gasteiger partial charge in [-0.05, 0) is 13.8 Å².